The topological polar surface area (TPSA) is 9.23 Å². The second-order valence-electron chi connectivity index (χ2n) is 7.20. The number of rotatable bonds is 7. The van der Waals surface area contributed by atoms with Crippen LogP contribution in [-0.2, 0) is 4.74 Å². The molecule has 0 bridgehead atoms. The van der Waals surface area contributed by atoms with E-state index in [1.807, 2.05) is 6.08 Å². The van der Waals surface area contributed by atoms with E-state index >= 15 is 0 Å². The zero-order chi connectivity index (χ0) is 18.0. The summed E-state index contributed by atoms with van der Waals surface area (Å²) in [5.74, 6) is 2.46. The molecule has 1 aliphatic rings. The predicted molar refractivity (Wildman–Crippen MR) is 106 cm³/mol. The molecule has 24 heavy (non-hydrogen) atoms. The van der Waals surface area contributed by atoms with Gasteiger partial charge in [0.05, 0.1) is 6.61 Å². The predicted octanol–water partition coefficient (Wildman–Crippen LogP) is 6.17. The Hall–Kier alpha value is -1.78. The number of hydrogen-bond donors (Lipinski definition) is 0. The molecule has 0 fully saturated rings. The third-order valence-electron chi connectivity index (χ3n) is 4.48. The highest BCUT2D eigenvalue weighted by atomic mass is 16.5. The van der Waals surface area contributed by atoms with Crippen LogP contribution in [0.2, 0.25) is 0 Å². The average Bonchev–Trinajstić information content (AvgIpc) is 2.50. The standard InChI is InChI=1S/C23H32O/c1-7-17-24-18-15-20(3)11-8-10-19(2)13-14-22-21(4)12-9-16-23(22,5)6/h1,8,10-11,13-15H,9,12,16-18H2,2-6H3/b11-8+,14-13+,19-10+,20-15-. The van der Waals surface area contributed by atoms with Gasteiger partial charge >= 0.3 is 0 Å². The Kier molecular flexibility index (Phi) is 8.58. The van der Waals surface area contributed by atoms with Gasteiger partial charge in [0.15, 0.2) is 0 Å². The van der Waals surface area contributed by atoms with Crippen LogP contribution in [0, 0.1) is 17.8 Å². The molecule has 0 radical (unpaired) electrons. The number of allylic oxidation sites excluding steroid dienone is 9. The van der Waals surface area contributed by atoms with Crippen LogP contribution >= 0.6 is 0 Å². The molecule has 0 aromatic rings. The monoisotopic (exact) mass is 324 g/mol. The Morgan fingerprint density at radius 3 is 2.67 bits per heavy atom. The van der Waals surface area contributed by atoms with Gasteiger partial charge in [-0.15, -0.1) is 6.42 Å². The molecule has 1 heteroatoms. The number of hydrogen-bond acceptors (Lipinski definition) is 1. The molecule has 0 saturated heterocycles. The molecule has 130 valence electrons. The van der Waals surface area contributed by atoms with Gasteiger partial charge < -0.3 is 4.74 Å². The summed E-state index contributed by atoms with van der Waals surface area (Å²) in [7, 11) is 0. The molecule has 1 nitrogen and oxygen atoms in total. The van der Waals surface area contributed by atoms with Gasteiger partial charge in [-0.25, -0.2) is 0 Å². The molecule has 0 saturated carbocycles. The summed E-state index contributed by atoms with van der Waals surface area (Å²) in [5.41, 5.74) is 5.77. The maximum Gasteiger partial charge on any atom is 0.107 e. The van der Waals surface area contributed by atoms with Crippen LogP contribution in [0.25, 0.3) is 0 Å². The average molecular weight is 325 g/mol. The third-order valence-corrected chi connectivity index (χ3v) is 4.48. The van der Waals surface area contributed by atoms with E-state index in [4.69, 9.17) is 11.2 Å². The minimum Gasteiger partial charge on any atom is -0.365 e. The van der Waals surface area contributed by atoms with Crippen molar-refractivity contribution in [2.45, 2.75) is 53.9 Å². The molecule has 1 rings (SSSR count). The van der Waals surface area contributed by atoms with Crippen LogP contribution in [0.4, 0.5) is 0 Å². The van der Waals surface area contributed by atoms with Crippen molar-refractivity contribution in [1.82, 2.24) is 0 Å². The van der Waals surface area contributed by atoms with Gasteiger partial charge in [-0.2, -0.15) is 0 Å². The Bertz CT molecular complexity index is 600. The summed E-state index contributed by atoms with van der Waals surface area (Å²) in [6, 6.07) is 0. The summed E-state index contributed by atoms with van der Waals surface area (Å²) in [5, 5.41) is 0. The van der Waals surface area contributed by atoms with Crippen LogP contribution in [0.1, 0.15) is 53.9 Å². The highest BCUT2D eigenvalue weighted by molar-refractivity contribution is 5.37. The Morgan fingerprint density at radius 1 is 1.25 bits per heavy atom. The highest BCUT2D eigenvalue weighted by Crippen LogP contribution is 2.40. The van der Waals surface area contributed by atoms with E-state index in [9.17, 15) is 0 Å². The summed E-state index contributed by atoms with van der Waals surface area (Å²) in [4.78, 5) is 0. The largest absolute Gasteiger partial charge is 0.365 e. The van der Waals surface area contributed by atoms with Crippen molar-refractivity contribution in [1.29, 1.82) is 0 Å². The van der Waals surface area contributed by atoms with Crippen molar-refractivity contribution >= 4 is 0 Å². The first-order valence-corrected chi connectivity index (χ1v) is 8.78. The van der Waals surface area contributed by atoms with Gasteiger partial charge in [-0.05, 0) is 51.0 Å². The Morgan fingerprint density at radius 2 is 2.00 bits per heavy atom. The summed E-state index contributed by atoms with van der Waals surface area (Å²) in [6.45, 7) is 12.1. The Labute approximate surface area is 148 Å². The molecule has 0 aliphatic heterocycles. The molecular formula is C23H32O. The third kappa shape index (κ3) is 7.20. The van der Waals surface area contributed by atoms with E-state index < -0.39 is 0 Å². The maximum absolute atomic E-state index is 5.24. The zero-order valence-electron chi connectivity index (χ0n) is 16.0. The molecule has 0 unspecified atom stereocenters. The fourth-order valence-electron chi connectivity index (χ4n) is 3.01. The first-order chi connectivity index (χ1) is 11.4. The fourth-order valence-corrected chi connectivity index (χ4v) is 3.01. The molecule has 0 aromatic heterocycles. The van der Waals surface area contributed by atoms with Gasteiger partial charge in [0.1, 0.15) is 6.61 Å². The summed E-state index contributed by atoms with van der Waals surface area (Å²) >= 11 is 0. The van der Waals surface area contributed by atoms with Crippen molar-refractivity contribution in [3.63, 3.8) is 0 Å². The molecule has 0 heterocycles. The summed E-state index contributed by atoms with van der Waals surface area (Å²) in [6.07, 6.45) is 21.8. The first kappa shape index (κ1) is 20.3. The highest BCUT2D eigenvalue weighted by Gasteiger charge is 2.26. The second kappa shape index (κ2) is 10.2. The molecule has 0 amide bonds. The first-order valence-electron chi connectivity index (χ1n) is 8.78. The SMILES string of the molecule is C#CCOC\C=C(C)/C=C/C=C(C)/C=C/C1=C(C)CCCC1(C)C. The van der Waals surface area contributed by atoms with Gasteiger partial charge in [-0.1, -0.05) is 72.9 Å². The van der Waals surface area contributed by atoms with Crippen molar-refractivity contribution < 1.29 is 4.74 Å². The van der Waals surface area contributed by atoms with Crippen LogP contribution in [0.15, 0.2) is 58.7 Å². The number of terminal acetylenes is 1. The van der Waals surface area contributed by atoms with E-state index in [0.29, 0.717) is 18.6 Å². The van der Waals surface area contributed by atoms with Gasteiger partial charge in [0, 0.05) is 0 Å². The van der Waals surface area contributed by atoms with Crippen molar-refractivity contribution in [3.8, 4) is 12.3 Å². The van der Waals surface area contributed by atoms with E-state index in [2.05, 4.69) is 70.9 Å². The second-order valence-corrected chi connectivity index (χ2v) is 7.20. The van der Waals surface area contributed by atoms with Crippen LogP contribution in [-0.4, -0.2) is 13.2 Å². The van der Waals surface area contributed by atoms with Crippen LogP contribution in [0.5, 0.6) is 0 Å². The Balaban J connectivity index is 2.64. The fraction of sp³-hybridized carbons (Fsp3) is 0.478. The van der Waals surface area contributed by atoms with Crippen LogP contribution in [0.3, 0.4) is 0 Å². The quantitative estimate of drug-likeness (QED) is 0.309. The van der Waals surface area contributed by atoms with Gasteiger partial charge in [0.25, 0.3) is 0 Å². The van der Waals surface area contributed by atoms with E-state index in [1.54, 1.807) is 0 Å². The lowest BCUT2D eigenvalue weighted by Gasteiger charge is -2.32. The van der Waals surface area contributed by atoms with E-state index in [1.165, 1.54) is 41.6 Å². The van der Waals surface area contributed by atoms with Gasteiger partial charge in [-0.3, -0.25) is 0 Å². The molecule has 0 aromatic carbocycles. The maximum atomic E-state index is 5.24. The molecule has 0 atom stereocenters. The summed E-state index contributed by atoms with van der Waals surface area (Å²) < 4.78 is 5.24. The van der Waals surface area contributed by atoms with E-state index in [-0.39, 0.29) is 0 Å². The lowest BCUT2D eigenvalue weighted by atomic mass is 9.72. The minimum atomic E-state index is 0.298. The van der Waals surface area contributed by atoms with Crippen molar-refractivity contribution in [2.24, 2.45) is 5.41 Å². The zero-order valence-corrected chi connectivity index (χ0v) is 16.0. The molecule has 0 spiro atoms. The lowest BCUT2D eigenvalue weighted by Crippen LogP contribution is -2.19. The minimum absolute atomic E-state index is 0.298. The van der Waals surface area contributed by atoms with Crippen molar-refractivity contribution in [2.75, 3.05) is 13.2 Å². The molecule has 1 aliphatic carbocycles. The molecule has 0 N–H and O–H groups in total. The van der Waals surface area contributed by atoms with Crippen LogP contribution < -0.4 is 0 Å². The molecular weight excluding hydrogens is 292 g/mol. The lowest BCUT2D eigenvalue weighted by molar-refractivity contribution is 0.199. The van der Waals surface area contributed by atoms with Gasteiger partial charge in [0.2, 0.25) is 0 Å². The number of ether oxygens (including phenoxy) is 1. The van der Waals surface area contributed by atoms with E-state index in [0.717, 1.165) is 0 Å². The van der Waals surface area contributed by atoms with Crippen molar-refractivity contribution in [3.05, 3.63) is 58.7 Å². The smallest absolute Gasteiger partial charge is 0.107 e. The normalized spacial score (nSPS) is 19.3.